The van der Waals surface area contributed by atoms with Crippen molar-refractivity contribution in [2.24, 2.45) is 0 Å². The lowest BCUT2D eigenvalue weighted by molar-refractivity contribution is 0.00799. The molecule has 0 aliphatic carbocycles. The lowest BCUT2D eigenvalue weighted by atomic mass is 9.97. The van der Waals surface area contributed by atoms with Gasteiger partial charge >= 0.3 is 6.09 Å². The molecule has 4 rings (SSSR count). The van der Waals surface area contributed by atoms with Gasteiger partial charge in [0.1, 0.15) is 18.0 Å². The first kappa shape index (κ1) is 22.9. The number of fused-ring (bicyclic) bond motifs is 1. The Morgan fingerprint density at radius 3 is 2.59 bits per heavy atom. The fourth-order valence-corrected chi connectivity index (χ4v) is 4.61. The molecule has 32 heavy (non-hydrogen) atoms. The van der Waals surface area contributed by atoms with Gasteiger partial charge in [0.2, 0.25) is 0 Å². The summed E-state index contributed by atoms with van der Waals surface area (Å²) in [7, 11) is 0. The van der Waals surface area contributed by atoms with Crippen LogP contribution in [0, 0.1) is 0 Å². The molecule has 1 fully saturated rings. The molecule has 0 saturated carbocycles. The van der Waals surface area contributed by atoms with Crippen LogP contribution in [0.15, 0.2) is 42.7 Å². The van der Waals surface area contributed by atoms with E-state index in [0.717, 1.165) is 42.1 Å². The molecule has 0 radical (unpaired) electrons. The number of carbonyl (C=O) groups is 1. The number of likely N-dealkylation sites (tertiary alicyclic amines) is 1. The summed E-state index contributed by atoms with van der Waals surface area (Å²) in [6, 6.07) is 10.7. The third-order valence-corrected chi connectivity index (χ3v) is 6.34. The molecule has 0 N–H and O–H groups in total. The van der Waals surface area contributed by atoms with Crippen molar-refractivity contribution in [3.05, 3.63) is 58.9 Å². The van der Waals surface area contributed by atoms with E-state index in [1.807, 2.05) is 56.3 Å². The van der Waals surface area contributed by atoms with Gasteiger partial charge in [0.05, 0.1) is 6.20 Å². The van der Waals surface area contributed by atoms with Gasteiger partial charge in [-0.05, 0) is 63.8 Å². The van der Waals surface area contributed by atoms with Crippen LogP contribution < -0.4 is 4.74 Å². The minimum Gasteiger partial charge on any atom is -0.490 e. The molecular formula is C25H32ClN3O3. The van der Waals surface area contributed by atoms with E-state index in [-0.39, 0.29) is 12.1 Å². The molecule has 2 aliphatic heterocycles. The zero-order chi connectivity index (χ0) is 22.7. The highest BCUT2D eigenvalue weighted by Crippen LogP contribution is 2.30. The van der Waals surface area contributed by atoms with E-state index in [1.54, 1.807) is 0 Å². The van der Waals surface area contributed by atoms with Gasteiger partial charge in [-0.15, -0.1) is 0 Å². The van der Waals surface area contributed by atoms with E-state index in [1.165, 1.54) is 5.56 Å². The summed E-state index contributed by atoms with van der Waals surface area (Å²) in [5, 5.41) is 0.746. The van der Waals surface area contributed by atoms with Gasteiger partial charge in [-0.1, -0.05) is 23.7 Å². The van der Waals surface area contributed by atoms with Crippen LogP contribution in [0.4, 0.5) is 4.79 Å². The summed E-state index contributed by atoms with van der Waals surface area (Å²) in [6.07, 6.45) is 6.12. The van der Waals surface area contributed by atoms with Crippen LogP contribution in [0.1, 0.15) is 44.7 Å². The highest BCUT2D eigenvalue weighted by atomic mass is 35.5. The number of nitrogens with zero attached hydrogens (tertiary/aromatic N) is 3. The van der Waals surface area contributed by atoms with E-state index in [4.69, 9.17) is 21.1 Å². The van der Waals surface area contributed by atoms with Gasteiger partial charge in [0.25, 0.3) is 0 Å². The molecule has 2 aliphatic rings. The summed E-state index contributed by atoms with van der Waals surface area (Å²) in [5.41, 5.74) is 1.92. The number of piperidine rings is 1. The zero-order valence-electron chi connectivity index (χ0n) is 19.1. The van der Waals surface area contributed by atoms with Gasteiger partial charge in [0.15, 0.2) is 0 Å². The van der Waals surface area contributed by atoms with Gasteiger partial charge < -0.3 is 14.4 Å². The summed E-state index contributed by atoms with van der Waals surface area (Å²) in [4.78, 5) is 21.1. The van der Waals surface area contributed by atoms with Gasteiger partial charge in [-0.25, -0.2) is 4.79 Å². The Kier molecular flexibility index (Phi) is 6.91. The van der Waals surface area contributed by atoms with Crippen molar-refractivity contribution in [1.29, 1.82) is 0 Å². The van der Waals surface area contributed by atoms with Crippen molar-refractivity contribution in [1.82, 2.24) is 14.8 Å². The van der Waals surface area contributed by atoms with Crippen LogP contribution in [0.25, 0.3) is 0 Å². The second-order valence-corrected chi connectivity index (χ2v) is 10.1. The Morgan fingerprint density at radius 1 is 1.19 bits per heavy atom. The monoisotopic (exact) mass is 457 g/mol. The lowest BCUT2D eigenvalue weighted by Crippen LogP contribution is -2.51. The highest BCUT2D eigenvalue weighted by Gasteiger charge is 2.34. The molecule has 2 aromatic rings. The molecule has 1 saturated heterocycles. The van der Waals surface area contributed by atoms with E-state index in [0.29, 0.717) is 25.7 Å². The standard InChI is InChI=1S/C25H32ClN3O3/c1-25(2,3)32-24(30)28-12-9-21(10-13-28)29-16-19-8-11-27-15-23(19)31-17-22(29)14-18-4-6-20(26)7-5-18/h4-8,11,15,21-22H,9-10,12-14,16-17H2,1-3H3/t22-/m0/s1. The van der Waals surface area contributed by atoms with Crippen molar-refractivity contribution in [2.45, 2.75) is 64.3 Å². The van der Waals surface area contributed by atoms with E-state index >= 15 is 0 Å². The lowest BCUT2D eigenvalue weighted by Gasteiger charge is -2.41. The Hall–Kier alpha value is -2.31. The molecule has 0 bridgehead atoms. The maximum Gasteiger partial charge on any atom is 0.410 e. The predicted molar refractivity (Wildman–Crippen MR) is 125 cm³/mol. The average molecular weight is 458 g/mol. The molecule has 0 unspecified atom stereocenters. The second kappa shape index (κ2) is 9.67. The van der Waals surface area contributed by atoms with Crippen LogP contribution >= 0.6 is 11.6 Å². The predicted octanol–water partition coefficient (Wildman–Crippen LogP) is 4.94. The number of ether oxygens (including phenoxy) is 2. The van der Waals surface area contributed by atoms with Crippen molar-refractivity contribution < 1.29 is 14.3 Å². The number of carbonyl (C=O) groups excluding carboxylic acids is 1. The number of aromatic nitrogens is 1. The second-order valence-electron chi connectivity index (χ2n) is 9.65. The third kappa shape index (κ3) is 5.73. The first-order chi connectivity index (χ1) is 15.3. The topological polar surface area (TPSA) is 54.9 Å². The zero-order valence-corrected chi connectivity index (χ0v) is 19.8. The molecular weight excluding hydrogens is 426 g/mol. The summed E-state index contributed by atoms with van der Waals surface area (Å²) >= 11 is 6.09. The van der Waals surface area contributed by atoms with Crippen LogP contribution in [-0.4, -0.2) is 58.3 Å². The quantitative estimate of drug-likeness (QED) is 0.653. The van der Waals surface area contributed by atoms with Crippen LogP contribution in [-0.2, 0) is 17.7 Å². The molecule has 1 aromatic carbocycles. The normalized spacial score (nSPS) is 20.2. The average Bonchev–Trinajstić information content (AvgIpc) is 2.94. The van der Waals surface area contributed by atoms with Gasteiger partial charge in [-0.2, -0.15) is 0 Å². The van der Waals surface area contributed by atoms with Crippen molar-refractivity contribution in [2.75, 3.05) is 19.7 Å². The Morgan fingerprint density at radius 2 is 1.91 bits per heavy atom. The van der Waals surface area contributed by atoms with Crippen LogP contribution in [0.3, 0.4) is 0 Å². The van der Waals surface area contributed by atoms with Gasteiger partial charge in [0, 0.05) is 48.5 Å². The fraction of sp³-hybridized carbons (Fsp3) is 0.520. The largest absolute Gasteiger partial charge is 0.490 e. The maximum atomic E-state index is 12.5. The molecule has 3 heterocycles. The summed E-state index contributed by atoms with van der Waals surface area (Å²) in [6.45, 7) is 8.54. The Balaban J connectivity index is 1.49. The summed E-state index contributed by atoms with van der Waals surface area (Å²) in [5.74, 6) is 0.863. The molecule has 172 valence electrons. The smallest absolute Gasteiger partial charge is 0.410 e. The van der Waals surface area contributed by atoms with E-state index in [9.17, 15) is 4.79 Å². The van der Waals surface area contributed by atoms with Gasteiger partial charge in [-0.3, -0.25) is 9.88 Å². The number of hydrogen-bond acceptors (Lipinski definition) is 5. The SMILES string of the molecule is CC(C)(C)OC(=O)N1CCC(N2Cc3ccncc3OC[C@@H]2Cc2ccc(Cl)cc2)CC1. The number of hydrogen-bond donors (Lipinski definition) is 0. The first-order valence-electron chi connectivity index (χ1n) is 11.3. The third-order valence-electron chi connectivity index (χ3n) is 6.09. The number of amides is 1. The molecule has 1 amide bonds. The highest BCUT2D eigenvalue weighted by molar-refractivity contribution is 6.30. The first-order valence-corrected chi connectivity index (χ1v) is 11.7. The molecule has 1 aromatic heterocycles. The molecule has 7 heteroatoms. The molecule has 6 nitrogen and oxygen atoms in total. The maximum absolute atomic E-state index is 12.5. The van der Waals surface area contributed by atoms with E-state index in [2.05, 4.69) is 22.0 Å². The van der Waals surface area contributed by atoms with E-state index < -0.39 is 5.60 Å². The minimum absolute atomic E-state index is 0.218. The van der Waals surface area contributed by atoms with Crippen molar-refractivity contribution in [3.8, 4) is 5.75 Å². The Labute approximate surface area is 195 Å². The van der Waals surface area contributed by atoms with Crippen molar-refractivity contribution in [3.63, 3.8) is 0 Å². The summed E-state index contributed by atoms with van der Waals surface area (Å²) < 4.78 is 11.7. The Bertz CT molecular complexity index is 921. The number of halogens is 1. The van der Waals surface area contributed by atoms with Crippen LogP contribution in [0.5, 0.6) is 5.75 Å². The fourth-order valence-electron chi connectivity index (χ4n) is 4.48. The molecule has 1 atom stereocenters. The molecule has 0 spiro atoms. The minimum atomic E-state index is -0.475. The number of pyridine rings is 1. The number of rotatable bonds is 3. The van der Waals surface area contributed by atoms with Crippen LogP contribution in [0.2, 0.25) is 5.02 Å². The number of benzene rings is 1. The van der Waals surface area contributed by atoms with Crippen molar-refractivity contribution >= 4 is 17.7 Å².